The lowest BCUT2D eigenvalue weighted by molar-refractivity contribution is 0.0696. The van der Waals surface area contributed by atoms with Gasteiger partial charge in [0.1, 0.15) is 5.82 Å². The molecule has 0 amide bonds. The number of aromatic nitrogens is 1. The van der Waals surface area contributed by atoms with Gasteiger partial charge in [0, 0.05) is 16.6 Å². The Bertz CT molecular complexity index is 454. The van der Waals surface area contributed by atoms with Crippen LogP contribution in [0.1, 0.15) is 57.6 Å². The van der Waals surface area contributed by atoms with E-state index in [1.807, 2.05) is 41.5 Å². The minimum atomic E-state index is -0.931. The summed E-state index contributed by atoms with van der Waals surface area (Å²) in [6.07, 6.45) is 0. The number of hydrogen-bond donors (Lipinski definition) is 2. The molecule has 18 heavy (non-hydrogen) atoms. The van der Waals surface area contributed by atoms with Gasteiger partial charge in [-0.25, -0.2) is 9.78 Å². The molecule has 1 aromatic rings. The molecule has 2 N–H and O–H groups in total. The summed E-state index contributed by atoms with van der Waals surface area (Å²) >= 11 is 0. The average molecular weight is 250 g/mol. The third-order valence-corrected chi connectivity index (χ3v) is 2.34. The zero-order valence-corrected chi connectivity index (χ0v) is 12.0. The molecule has 0 aromatic carbocycles. The molecule has 0 unspecified atom stereocenters. The first-order valence-electron chi connectivity index (χ1n) is 6.03. The van der Waals surface area contributed by atoms with Gasteiger partial charge < -0.3 is 10.4 Å². The normalized spacial score (nSPS) is 12.3. The predicted octanol–water partition coefficient (Wildman–Crippen LogP) is 3.29. The van der Waals surface area contributed by atoms with Crippen molar-refractivity contribution in [3.63, 3.8) is 0 Å². The van der Waals surface area contributed by atoms with Crippen LogP contribution in [0.5, 0.6) is 0 Å². The summed E-state index contributed by atoms with van der Waals surface area (Å²) in [6.45, 7) is 12.1. The van der Waals surface area contributed by atoms with Crippen LogP contribution in [0, 0.1) is 0 Å². The summed E-state index contributed by atoms with van der Waals surface area (Å²) in [6, 6.07) is 3.21. The molecule has 0 aliphatic heterocycles. The van der Waals surface area contributed by atoms with E-state index in [2.05, 4.69) is 10.3 Å². The quantitative estimate of drug-likeness (QED) is 0.845. The average Bonchev–Trinajstić information content (AvgIpc) is 2.12. The maximum Gasteiger partial charge on any atom is 0.335 e. The summed E-state index contributed by atoms with van der Waals surface area (Å²) in [4.78, 5) is 15.6. The number of hydrogen-bond acceptors (Lipinski definition) is 3. The van der Waals surface area contributed by atoms with Crippen molar-refractivity contribution in [2.75, 3.05) is 5.32 Å². The second kappa shape index (κ2) is 4.59. The second-order valence-corrected chi connectivity index (χ2v) is 6.56. The molecule has 0 aliphatic rings. The number of carbonyl (C=O) groups is 1. The Labute approximate surface area is 108 Å². The van der Waals surface area contributed by atoms with Crippen LogP contribution < -0.4 is 5.32 Å². The third-order valence-electron chi connectivity index (χ3n) is 2.34. The largest absolute Gasteiger partial charge is 0.478 e. The standard InChI is InChI=1S/C14H22N2O2/c1-13(2,3)10-7-9(12(17)18)8-11(15-10)16-14(4,5)6/h7-8H,1-6H3,(H,15,16)(H,17,18). The predicted molar refractivity (Wildman–Crippen MR) is 73.3 cm³/mol. The van der Waals surface area contributed by atoms with E-state index in [0.717, 1.165) is 5.69 Å². The van der Waals surface area contributed by atoms with Crippen molar-refractivity contribution >= 4 is 11.8 Å². The zero-order valence-electron chi connectivity index (χ0n) is 12.0. The monoisotopic (exact) mass is 250 g/mol. The van der Waals surface area contributed by atoms with Gasteiger partial charge in [-0.15, -0.1) is 0 Å². The molecule has 0 spiro atoms. The fraction of sp³-hybridized carbons (Fsp3) is 0.571. The van der Waals surface area contributed by atoms with Crippen molar-refractivity contribution in [1.82, 2.24) is 4.98 Å². The first-order chi connectivity index (χ1) is 7.99. The summed E-state index contributed by atoms with van der Waals surface area (Å²) in [5.74, 6) is -0.327. The molecule has 4 heteroatoms. The Balaban J connectivity index is 3.27. The summed E-state index contributed by atoms with van der Waals surface area (Å²) in [7, 11) is 0. The van der Waals surface area contributed by atoms with Crippen LogP contribution >= 0.6 is 0 Å². The van der Waals surface area contributed by atoms with Crippen LogP contribution in [0.15, 0.2) is 12.1 Å². The molecular formula is C14H22N2O2. The van der Waals surface area contributed by atoms with Gasteiger partial charge in [-0.1, -0.05) is 20.8 Å². The fourth-order valence-electron chi connectivity index (χ4n) is 1.49. The fourth-order valence-corrected chi connectivity index (χ4v) is 1.49. The van der Waals surface area contributed by atoms with Gasteiger partial charge >= 0.3 is 5.97 Å². The lowest BCUT2D eigenvalue weighted by Gasteiger charge is -2.24. The molecule has 1 heterocycles. The number of pyridine rings is 1. The van der Waals surface area contributed by atoms with E-state index in [1.54, 1.807) is 12.1 Å². The number of carboxylic acid groups (broad SMARTS) is 1. The lowest BCUT2D eigenvalue weighted by Crippen LogP contribution is -2.27. The Morgan fingerprint density at radius 3 is 2.11 bits per heavy atom. The number of aromatic carboxylic acids is 1. The molecule has 1 aromatic heterocycles. The number of anilines is 1. The lowest BCUT2D eigenvalue weighted by atomic mass is 9.90. The maximum absolute atomic E-state index is 11.1. The van der Waals surface area contributed by atoms with Crippen LogP contribution in [0.3, 0.4) is 0 Å². The van der Waals surface area contributed by atoms with E-state index in [9.17, 15) is 4.79 Å². The van der Waals surface area contributed by atoms with Crippen molar-refractivity contribution in [3.05, 3.63) is 23.4 Å². The minimum absolute atomic E-state index is 0.153. The number of carboxylic acids is 1. The highest BCUT2D eigenvalue weighted by molar-refractivity contribution is 5.88. The molecule has 0 fully saturated rings. The Kier molecular flexibility index (Phi) is 3.70. The second-order valence-electron chi connectivity index (χ2n) is 6.56. The number of nitrogens with one attached hydrogen (secondary N) is 1. The van der Waals surface area contributed by atoms with Gasteiger partial charge in [-0.2, -0.15) is 0 Å². The van der Waals surface area contributed by atoms with Crippen molar-refractivity contribution in [2.45, 2.75) is 52.5 Å². The van der Waals surface area contributed by atoms with Gasteiger partial charge in [-0.3, -0.25) is 0 Å². The Morgan fingerprint density at radius 2 is 1.72 bits per heavy atom. The Morgan fingerprint density at radius 1 is 1.17 bits per heavy atom. The topological polar surface area (TPSA) is 62.2 Å². The van der Waals surface area contributed by atoms with Crippen LogP contribution in [0.25, 0.3) is 0 Å². The SMILES string of the molecule is CC(C)(C)Nc1cc(C(=O)O)cc(C(C)(C)C)n1. The molecule has 0 saturated heterocycles. The number of rotatable bonds is 2. The molecular weight excluding hydrogens is 228 g/mol. The summed E-state index contributed by atoms with van der Waals surface area (Å²) < 4.78 is 0. The smallest absolute Gasteiger partial charge is 0.335 e. The highest BCUT2D eigenvalue weighted by Crippen LogP contribution is 2.24. The van der Waals surface area contributed by atoms with Gasteiger partial charge in [0.2, 0.25) is 0 Å². The van der Waals surface area contributed by atoms with E-state index in [-0.39, 0.29) is 16.5 Å². The highest BCUT2D eigenvalue weighted by Gasteiger charge is 2.20. The Hall–Kier alpha value is -1.58. The molecule has 4 nitrogen and oxygen atoms in total. The molecule has 0 aliphatic carbocycles. The molecule has 0 radical (unpaired) electrons. The van der Waals surface area contributed by atoms with Gasteiger partial charge in [0.15, 0.2) is 0 Å². The van der Waals surface area contributed by atoms with Crippen LogP contribution in [0.4, 0.5) is 5.82 Å². The van der Waals surface area contributed by atoms with Crippen LogP contribution in [0.2, 0.25) is 0 Å². The van der Waals surface area contributed by atoms with E-state index in [4.69, 9.17) is 5.11 Å². The maximum atomic E-state index is 11.1. The van der Waals surface area contributed by atoms with Gasteiger partial charge in [-0.05, 0) is 32.9 Å². The molecule has 0 bridgehead atoms. The minimum Gasteiger partial charge on any atom is -0.478 e. The van der Waals surface area contributed by atoms with Crippen LogP contribution in [-0.2, 0) is 5.41 Å². The van der Waals surface area contributed by atoms with Crippen molar-refractivity contribution in [3.8, 4) is 0 Å². The van der Waals surface area contributed by atoms with Crippen molar-refractivity contribution in [2.24, 2.45) is 0 Å². The molecule has 0 saturated carbocycles. The van der Waals surface area contributed by atoms with Crippen LogP contribution in [-0.4, -0.2) is 21.6 Å². The van der Waals surface area contributed by atoms with Crippen molar-refractivity contribution in [1.29, 1.82) is 0 Å². The van der Waals surface area contributed by atoms with E-state index < -0.39 is 5.97 Å². The van der Waals surface area contributed by atoms with Crippen molar-refractivity contribution < 1.29 is 9.90 Å². The third kappa shape index (κ3) is 4.02. The molecule has 1 rings (SSSR count). The van der Waals surface area contributed by atoms with E-state index in [0.29, 0.717) is 5.82 Å². The molecule has 100 valence electrons. The van der Waals surface area contributed by atoms with Gasteiger partial charge in [0.25, 0.3) is 0 Å². The number of nitrogens with zero attached hydrogens (tertiary/aromatic N) is 1. The first-order valence-corrected chi connectivity index (χ1v) is 6.03. The zero-order chi connectivity index (χ0) is 14.1. The summed E-state index contributed by atoms with van der Waals surface area (Å²) in [5.41, 5.74) is 0.704. The van der Waals surface area contributed by atoms with E-state index >= 15 is 0 Å². The molecule has 0 atom stereocenters. The summed E-state index contributed by atoms with van der Waals surface area (Å²) in [5, 5.41) is 12.4. The van der Waals surface area contributed by atoms with Gasteiger partial charge in [0.05, 0.1) is 5.56 Å². The highest BCUT2D eigenvalue weighted by atomic mass is 16.4. The van der Waals surface area contributed by atoms with E-state index in [1.165, 1.54) is 0 Å². The first kappa shape index (κ1) is 14.5.